The Morgan fingerprint density at radius 1 is 0.456 bits per heavy atom. The molecule has 3 spiro atoms. The Morgan fingerprint density at radius 2 is 0.874 bits per heavy atom. The highest BCUT2D eigenvalue weighted by Crippen LogP contribution is 2.49. The van der Waals surface area contributed by atoms with Gasteiger partial charge in [-0.15, -0.1) is 0 Å². The van der Waals surface area contributed by atoms with E-state index in [1.807, 2.05) is 41.7 Å². The summed E-state index contributed by atoms with van der Waals surface area (Å²) in [5.74, 6) is 0.677. The Morgan fingerprint density at radius 3 is 1.30 bits per heavy atom. The van der Waals surface area contributed by atoms with Gasteiger partial charge in [-0.2, -0.15) is 39.5 Å². The number of piperidine rings is 3. The van der Waals surface area contributed by atoms with Crippen LogP contribution in [0, 0.1) is 5.82 Å². The molecule has 560 valence electrons. The highest BCUT2D eigenvalue weighted by Gasteiger charge is 2.54. The van der Waals surface area contributed by atoms with E-state index in [1.54, 1.807) is 71.2 Å². The van der Waals surface area contributed by atoms with Gasteiger partial charge in [0.2, 0.25) is 5.91 Å². The number of amides is 5. The van der Waals surface area contributed by atoms with E-state index >= 15 is 0 Å². The van der Waals surface area contributed by atoms with Gasteiger partial charge in [-0.3, -0.25) is 29.0 Å². The fraction of sp³-hybridized carbons (Fsp3) is 0.521. The minimum Gasteiger partial charge on any atom is -0.493 e. The smallest absolute Gasteiger partial charge is 0.431 e. The lowest BCUT2D eigenvalue weighted by molar-refractivity contribution is -0.148. The summed E-state index contributed by atoms with van der Waals surface area (Å²) < 4.78 is 173. The number of hydrogen-bond donors (Lipinski definition) is 0. The number of carbonyl (C=O) groups is 5. The van der Waals surface area contributed by atoms with Crippen LogP contribution < -0.4 is 23.7 Å². The number of benzene rings is 3. The monoisotopic (exact) mass is 1460 g/mol. The molecule has 6 aliphatic rings. The molecule has 3 aromatic heterocycles. The van der Waals surface area contributed by atoms with E-state index < -0.39 is 70.0 Å². The number of halogens is 10. The SMILES string of the molecule is CCC(=O)N1CCn2c(C(F)(F)F)ccc2C12CCN(C(=O)c1ccc(OC(C)C)cc1F)CC2.CCOc1cc(C(=O)N2CCC3(CC2)c2ccc(C(F)(F)F)n2CCN3C)ccc1OC.COC(=O)N1CCn2c(C(F)(F)F)ccc2C12CCN(C(=O)c1ccc(OC(C)C)c(OC)c1)CC2. The van der Waals surface area contributed by atoms with Crippen LogP contribution in [0.3, 0.4) is 0 Å². The molecular weight excluding hydrogens is 1370 g/mol. The number of likely N-dealkylation sites (N-methyl/N-ethyl adjacent to an activating group) is 1. The lowest BCUT2D eigenvalue weighted by Crippen LogP contribution is -2.60. The summed E-state index contributed by atoms with van der Waals surface area (Å²) in [6.07, 6.45) is -11.7. The Kier molecular flexibility index (Phi) is 22.5. The molecule has 3 aromatic carbocycles. The van der Waals surface area contributed by atoms with Crippen LogP contribution in [0.2, 0.25) is 0 Å². The van der Waals surface area contributed by atoms with Crippen molar-refractivity contribution in [3.63, 3.8) is 0 Å². The highest BCUT2D eigenvalue weighted by molar-refractivity contribution is 5.96. The van der Waals surface area contributed by atoms with Gasteiger partial charge in [-0.1, -0.05) is 6.92 Å². The quantitative estimate of drug-likeness (QED) is 0.106. The van der Waals surface area contributed by atoms with Crippen molar-refractivity contribution < 1.29 is 96.3 Å². The molecule has 30 heteroatoms. The zero-order chi connectivity index (χ0) is 74.9. The first-order chi connectivity index (χ1) is 48.7. The van der Waals surface area contributed by atoms with Crippen LogP contribution in [0.15, 0.2) is 91.0 Å². The molecule has 0 saturated carbocycles. The van der Waals surface area contributed by atoms with E-state index in [4.69, 9.17) is 28.4 Å². The lowest BCUT2D eigenvalue weighted by Gasteiger charge is -2.52. The molecule has 0 aliphatic carbocycles. The summed E-state index contributed by atoms with van der Waals surface area (Å²) in [5, 5.41) is 0. The molecule has 0 bridgehead atoms. The largest absolute Gasteiger partial charge is 0.493 e. The minimum absolute atomic E-state index is 0.0151. The second-order valence-corrected chi connectivity index (χ2v) is 26.8. The van der Waals surface area contributed by atoms with E-state index in [0.29, 0.717) is 103 Å². The van der Waals surface area contributed by atoms with E-state index in [1.165, 1.54) is 74.1 Å². The third kappa shape index (κ3) is 15.2. The van der Waals surface area contributed by atoms with Crippen LogP contribution in [-0.4, -0.2) is 179 Å². The summed E-state index contributed by atoms with van der Waals surface area (Å²) in [4.78, 5) is 75.2. The van der Waals surface area contributed by atoms with Gasteiger partial charge in [0.05, 0.1) is 62.3 Å². The summed E-state index contributed by atoms with van der Waals surface area (Å²) in [5.41, 5.74) is -2.16. The Bertz CT molecular complexity index is 4060. The van der Waals surface area contributed by atoms with Gasteiger partial charge in [0, 0.05) is 119 Å². The normalized spacial score (nSPS) is 17.7. The van der Waals surface area contributed by atoms with Crippen LogP contribution in [-0.2, 0) is 64.3 Å². The molecule has 12 rings (SSSR count). The maximum atomic E-state index is 14.7. The van der Waals surface area contributed by atoms with Gasteiger partial charge < -0.3 is 61.7 Å². The zero-order valence-corrected chi connectivity index (χ0v) is 59.3. The number of methoxy groups -OCH3 is 3. The molecule has 6 aliphatic heterocycles. The molecular formula is C73H87F10N9O11. The van der Waals surface area contributed by atoms with Crippen molar-refractivity contribution >= 4 is 29.7 Å². The van der Waals surface area contributed by atoms with Crippen molar-refractivity contribution in [2.75, 3.05) is 93.9 Å². The number of nitrogens with zero attached hydrogens (tertiary/aromatic N) is 9. The van der Waals surface area contributed by atoms with Gasteiger partial charge in [0.1, 0.15) is 28.6 Å². The number of fused-ring (bicyclic) bond motifs is 6. The van der Waals surface area contributed by atoms with Crippen molar-refractivity contribution in [3.8, 4) is 28.7 Å². The Hall–Kier alpha value is -9.09. The Labute approximate surface area is 590 Å². The molecule has 5 amide bonds. The first kappa shape index (κ1) is 76.5. The molecule has 0 radical (unpaired) electrons. The first-order valence-corrected chi connectivity index (χ1v) is 34.4. The third-order valence-corrected chi connectivity index (χ3v) is 20.4. The molecule has 9 heterocycles. The van der Waals surface area contributed by atoms with E-state index in [-0.39, 0.29) is 120 Å². The number of hydrogen-bond acceptors (Lipinski definition) is 12. The van der Waals surface area contributed by atoms with E-state index in [0.717, 1.165) is 12.1 Å². The fourth-order valence-corrected chi connectivity index (χ4v) is 15.5. The van der Waals surface area contributed by atoms with Crippen molar-refractivity contribution in [2.24, 2.45) is 0 Å². The summed E-state index contributed by atoms with van der Waals surface area (Å²) in [6.45, 7) is 14.4. The summed E-state index contributed by atoms with van der Waals surface area (Å²) in [7, 11) is 6.25. The van der Waals surface area contributed by atoms with Crippen molar-refractivity contribution in [1.82, 2.24) is 43.1 Å². The molecule has 0 atom stereocenters. The van der Waals surface area contributed by atoms with Gasteiger partial charge >= 0.3 is 24.6 Å². The molecule has 20 nitrogen and oxygen atoms in total. The second kappa shape index (κ2) is 30.3. The topological polar surface area (TPSA) is 175 Å². The minimum atomic E-state index is -4.51. The van der Waals surface area contributed by atoms with Crippen LogP contribution in [0.5, 0.6) is 28.7 Å². The molecule has 0 unspecified atom stereocenters. The lowest BCUT2D eigenvalue weighted by atomic mass is 9.80. The van der Waals surface area contributed by atoms with Gasteiger partial charge in [0.25, 0.3) is 17.7 Å². The number of likely N-dealkylation sites (tertiary alicyclic amines) is 3. The molecule has 3 fully saturated rings. The average molecular weight is 1460 g/mol. The van der Waals surface area contributed by atoms with Crippen molar-refractivity contribution in [1.29, 1.82) is 0 Å². The van der Waals surface area contributed by atoms with Gasteiger partial charge in [-0.25, -0.2) is 9.18 Å². The number of rotatable bonds is 12. The second-order valence-electron chi connectivity index (χ2n) is 26.8. The first-order valence-electron chi connectivity index (χ1n) is 34.4. The Balaban J connectivity index is 0.000000166. The van der Waals surface area contributed by atoms with Crippen LogP contribution in [0.25, 0.3) is 0 Å². The molecule has 103 heavy (non-hydrogen) atoms. The molecule has 3 saturated heterocycles. The maximum absolute atomic E-state index is 14.7. The number of aromatic nitrogens is 3. The highest BCUT2D eigenvalue weighted by atomic mass is 19.4. The predicted octanol–water partition coefficient (Wildman–Crippen LogP) is 13.3. The van der Waals surface area contributed by atoms with Gasteiger partial charge in [-0.05, 0) is 165 Å². The summed E-state index contributed by atoms with van der Waals surface area (Å²) >= 11 is 0. The maximum Gasteiger partial charge on any atom is 0.431 e. The number of carbonyl (C=O) groups excluding carboxylic acids is 5. The zero-order valence-electron chi connectivity index (χ0n) is 59.3. The third-order valence-electron chi connectivity index (χ3n) is 20.4. The van der Waals surface area contributed by atoms with Crippen LogP contribution in [0.4, 0.5) is 48.7 Å². The number of alkyl halides is 9. The average Bonchev–Trinajstić information content (AvgIpc) is 1.66. The van der Waals surface area contributed by atoms with Gasteiger partial charge in [0.15, 0.2) is 23.0 Å². The van der Waals surface area contributed by atoms with Crippen molar-refractivity contribution in [2.45, 2.75) is 153 Å². The molecule has 6 aromatic rings. The molecule has 0 N–H and O–H groups in total. The summed E-state index contributed by atoms with van der Waals surface area (Å²) in [6, 6.07) is 22.0. The van der Waals surface area contributed by atoms with E-state index in [9.17, 15) is 67.9 Å². The predicted molar refractivity (Wildman–Crippen MR) is 358 cm³/mol. The fourth-order valence-electron chi connectivity index (χ4n) is 15.5. The standard InChI is InChI=1S/C25H29F4N3O3.C25H30F3N3O5.C23H28F3N3O3/c1-4-22(33)32-14-13-31-20(7-8-21(31)25(27,28)29)24(32)9-11-30(12-10-24)23(34)18-6-5-17(15-19(18)26)35-16(2)3;1-16(2)36-18-6-5-17(15-19(18)34-3)22(32)29-11-9-24(10-12-29)20-7-8-21(25(26,27)28)30(20)13-14-31(24)23(33)35-4;1-4-32-18-15-16(5-6-17(18)31-3)21(30)28-11-9-22(10-12-28)19-7-8-20(23(24,25)26)29(19)14-13-27(22)2/h5-8,15-16H,4,9-14H2,1-3H3;5-8,15-16H,9-14H2,1-4H3;5-8,15H,4,9-14H2,1-3H3. The van der Waals surface area contributed by atoms with Crippen LogP contribution in [0.1, 0.15) is 152 Å². The van der Waals surface area contributed by atoms with Crippen LogP contribution >= 0.6 is 0 Å². The van der Waals surface area contributed by atoms with E-state index in [2.05, 4.69) is 4.90 Å². The number of ether oxygens (including phenoxy) is 6. The van der Waals surface area contributed by atoms with Crippen molar-refractivity contribution in [3.05, 3.63) is 148 Å².